The van der Waals surface area contributed by atoms with Crippen molar-refractivity contribution in [3.63, 3.8) is 0 Å². The molecule has 0 saturated carbocycles. The van der Waals surface area contributed by atoms with Crippen molar-refractivity contribution in [2.45, 2.75) is 27.2 Å². The molecule has 0 fully saturated rings. The van der Waals surface area contributed by atoms with E-state index in [1.807, 2.05) is 36.6 Å². The van der Waals surface area contributed by atoms with Crippen LogP contribution in [0.2, 0.25) is 0 Å². The van der Waals surface area contributed by atoms with Crippen molar-refractivity contribution in [3.05, 3.63) is 64.5 Å². The van der Waals surface area contributed by atoms with Gasteiger partial charge in [0.05, 0.1) is 18.7 Å². The molecule has 2 aromatic carbocycles. The summed E-state index contributed by atoms with van der Waals surface area (Å²) in [7, 11) is 0. The number of nitrogens with zero attached hydrogens (tertiary/aromatic N) is 1. The normalized spacial score (nSPS) is 10.6. The lowest BCUT2D eigenvalue weighted by molar-refractivity contribution is -0.115. The van der Waals surface area contributed by atoms with Crippen molar-refractivity contribution >= 4 is 22.4 Å². The number of amides is 1. The minimum atomic E-state index is -0.0731. The first kappa shape index (κ1) is 18.1. The number of nitrogens with one attached hydrogen (secondary N) is 1. The number of ether oxygens (including phenoxy) is 1. The number of hydrogen-bond acceptors (Lipinski definition) is 4. The Hall–Kier alpha value is -2.66. The summed E-state index contributed by atoms with van der Waals surface area (Å²) in [5, 5.41) is 5.49. The first-order valence-electron chi connectivity index (χ1n) is 8.60. The Bertz CT molecular complexity index is 901. The number of hydrogen-bond donors (Lipinski definition) is 1. The van der Waals surface area contributed by atoms with Gasteiger partial charge in [-0.1, -0.05) is 29.8 Å². The number of aryl methyl sites for hydroxylation is 2. The Morgan fingerprint density at radius 2 is 1.92 bits per heavy atom. The van der Waals surface area contributed by atoms with Gasteiger partial charge in [0, 0.05) is 10.9 Å². The van der Waals surface area contributed by atoms with Crippen LogP contribution in [0.1, 0.15) is 23.6 Å². The van der Waals surface area contributed by atoms with Crippen LogP contribution in [-0.4, -0.2) is 17.5 Å². The second-order valence-corrected chi connectivity index (χ2v) is 7.02. The molecular formula is C21H22N2O2S. The molecule has 0 unspecified atom stereocenters. The summed E-state index contributed by atoms with van der Waals surface area (Å²) < 4.78 is 5.42. The zero-order valence-corrected chi connectivity index (χ0v) is 16.0. The van der Waals surface area contributed by atoms with E-state index in [1.54, 1.807) is 0 Å². The lowest BCUT2D eigenvalue weighted by atomic mass is 10.0. The summed E-state index contributed by atoms with van der Waals surface area (Å²) in [6.07, 6.45) is 0.310. The maximum Gasteiger partial charge on any atom is 0.230 e. The number of thiazole rings is 1. The second-order valence-electron chi connectivity index (χ2n) is 6.16. The summed E-state index contributed by atoms with van der Waals surface area (Å²) in [5.74, 6) is 0.741. The Balaban J connectivity index is 1.65. The molecule has 0 aliphatic rings. The quantitative estimate of drug-likeness (QED) is 0.667. The van der Waals surface area contributed by atoms with Gasteiger partial charge in [-0.15, -0.1) is 11.3 Å². The van der Waals surface area contributed by atoms with Gasteiger partial charge >= 0.3 is 0 Å². The Morgan fingerprint density at radius 3 is 2.65 bits per heavy atom. The fourth-order valence-corrected chi connectivity index (χ4v) is 3.41. The van der Waals surface area contributed by atoms with Crippen molar-refractivity contribution in [2.75, 3.05) is 11.9 Å². The van der Waals surface area contributed by atoms with E-state index in [0.29, 0.717) is 18.2 Å². The van der Waals surface area contributed by atoms with Crippen LogP contribution in [0.4, 0.5) is 5.13 Å². The Kier molecular flexibility index (Phi) is 5.68. The molecule has 5 heteroatoms. The van der Waals surface area contributed by atoms with E-state index < -0.39 is 0 Å². The van der Waals surface area contributed by atoms with Gasteiger partial charge in [-0.2, -0.15) is 0 Å². The highest BCUT2D eigenvalue weighted by Gasteiger charge is 2.10. The van der Waals surface area contributed by atoms with E-state index in [-0.39, 0.29) is 5.91 Å². The molecule has 1 heterocycles. The lowest BCUT2D eigenvalue weighted by Gasteiger charge is -2.05. The summed E-state index contributed by atoms with van der Waals surface area (Å²) in [4.78, 5) is 16.9. The predicted octanol–water partition coefficient (Wildman–Crippen LogP) is 5.01. The van der Waals surface area contributed by atoms with Gasteiger partial charge in [-0.25, -0.2) is 4.98 Å². The molecule has 4 nitrogen and oxygen atoms in total. The third-order valence-electron chi connectivity index (χ3n) is 4.02. The molecule has 1 aromatic heterocycles. The van der Waals surface area contributed by atoms with Crippen LogP contribution in [0.3, 0.4) is 0 Å². The molecule has 0 radical (unpaired) electrons. The summed E-state index contributed by atoms with van der Waals surface area (Å²) in [6.45, 7) is 6.71. The number of carbonyl (C=O) groups excluding carboxylic acids is 1. The molecule has 0 saturated heterocycles. The minimum Gasteiger partial charge on any atom is -0.494 e. The number of benzene rings is 2. The van der Waals surface area contributed by atoms with Gasteiger partial charge in [0.1, 0.15) is 5.75 Å². The topological polar surface area (TPSA) is 51.2 Å². The standard InChI is InChI=1S/C21H22N2O2S/c1-4-25-17-9-7-16(8-10-17)12-20(24)23-21-22-19(13-26-21)18-11-14(2)5-6-15(18)3/h5-11,13H,4,12H2,1-3H3,(H,22,23,24). The highest BCUT2D eigenvalue weighted by molar-refractivity contribution is 7.14. The molecule has 3 aromatic rings. The van der Waals surface area contributed by atoms with Crippen molar-refractivity contribution in [2.24, 2.45) is 0 Å². The molecule has 1 amide bonds. The van der Waals surface area contributed by atoms with E-state index in [2.05, 4.69) is 42.3 Å². The van der Waals surface area contributed by atoms with E-state index in [0.717, 1.165) is 22.6 Å². The first-order valence-corrected chi connectivity index (χ1v) is 9.48. The van der Waals surface area contributed by atoms with Crippen LogP contribution in [0.25, 0.3) is 11.3 Å². The van der Waals surface area contributed by atoms with Gasteiger partial charge in [-0.3, -0.25) is 4.79 Å². The molecule has 0 atom stereocenters. The fraction of sp³-hybridized carbons (Fsp3) is 0.238. The maximum atomic E-state index is 12.3. The highest BCUT2D eigenvalue weighted by Crippen LogP contribution is 2.28. The fourth-order valence-electron chi connectivity index (χ4n) is 2.69. The van der Waals surface area contributed by atoms with Gasteiger partial charge in [0.15, 0.2) is 5.13 Å². The highest BCUT2D eigenvalue weighted by atomic mass is 32.1. The largest absolute Gasteiger partial charge is 0.494 e. The molecule has 26 heavy (non-hydrogen) atoms. The van der Waals surface area contributed by atoms with Gasteiger partial charge in [-0.05, 0) is 50.1 Å². The van der Waals surface area contributed by atoms with Crippen LogP contribution in [-0.2, 0) is 11.2 Å². The molecule has 134 valence electrons. The van der Waals surface area contributed by atoms with Gasteiger partial charge in [0.2, 0.25) is 5.91 Å². The van der Waals surface area contributed by atoms with Crippen molar-refractivity contribution in [1.82, 2.24) is 4.98 Å². The average molecular weight is 366 g/mol. The summed E-state index contributed by atoms with van der Waals surface area (Å²) in [5.41, 5.74) is 5.31. The van der Waals surface area contributed by atoms with Crippen LogP contribution < -0.4 is 10.1 Å². The zero-order valence-electron chi connectivity index (χ0n) is 15.2. The minimum absolute atomic E-state index is 0.0731. The maximum absolute atomic E-state index is 12.3. The van der Waals surface area contributed by atoms with Crippen molar-refractivity contribution in [3.8, 4) is 17.0 Å². The number of carbonyl (C=O) groups is 1. The molecular weight excluding hydrogens is 344 g/mol. The monoisotopic (exact) mass is 366 g/mol. The smallest absolute Gasteiger partial charge is 0.230 e. The van der Waals surface area contributed by atoms with Crippen molar-refractivity contribution in [1.29, 1.82) is 0 Å². The zero-order chi connectivity index (χ0) is 18.5. The van der Waals surface area contributed by atoms with Crippen LogP contribution in [0.15, 0.2) is 47.8 Å². The van der Waals surface area contributed by atoms with E-state index in [1.165, 1.54) is 22.5 Å². The molecule has 0 bridgehead atoms. The van der Waals surface area contributed by atoms with Gasteiger partial charge < -0.3 is 10.1 Å². The number of anilines is 1. The summed E-state index contributed by atoms with van der Waals surface area (Å²) >= 11 is 1.44. The van der Waals surface area contributed by atoms with Crippen LogP contribution in [0, 0.1) is 13.8 Å². The van der Waals surface area contributed by atoms with E-state index in [4.69, 9.17) is 4.74 Å². The average Bonchev–Trinajstić information content (AvgIpc) is 3.07. The van der Waals surface area contributed by atoms with Gasteiger partial charge in [0.25, 0.3) is 0 Å². The lowest BCUT2D eigenvalue weighted by Crippen LogP contribution is -2.14. The Labute approximate surface area is 157 Å². The molecule has 0 spiro atoms. The number of aromatic nitrogens is 1. The first-order chi connectivity index (χ1) is 12.5. The summed E-state index contributed by atoms with van der Waals surface area (Å²) in [6, 6.07) is 13.9. The third-order valence-corrected chi connectivity index (χ3v) is 4.78. The molecule has 3 rings (SSSR count). The van der Waals surface area contributed by atoms with Crippen LogP contribution in [0.5, 0.6) is 5.75 Å². The van der Waals surface area contributed by atoms with E-state index >= 15 is 0 Å². The molecule has 0 aliphatic heterocycles. The molecule has 0 aliphatic carbocycles. The molecule has 1 N–H and O–H groups in total. The third kappa shape index (κ3) is 4.49. The predicted molar refractivity (Wildman–Crippen MR) is 107 cm³/mol. The SMILES string of the molecule is CCOc1ccc(CC(=O)Nc2nc(-c3cc(C)ccc3C)cs2)cc1. The second kappa shape index (κ2) is 8.15. The number of rotatable bonds is 6. The van der Waals surface area contributed by atoms with Crippen LogP contribution >= 0.6 is 11.3 Å². The Morgan fingerprint density at radius 1 is 1.15 bits per heavy atom. The van der Waals surface area contributed by atoms with Crippen molar-refractivity contribution < 1.29 is 9.53 Å². The van der Waals surface area contributed by atoms with E-state index in [9.17, 15) is 4.79 Å².